The average Bonchev–Trinajstić information content (AvgIpc) is 2.97. The molecule has 2 aromatic rings. The van der Waals surface area contributed by atoms with Gasteiger partial charge in [0, 0.05) is 35.7 Å². The highest BCUT2D eigenvalue weighted by molar-refractivity contribution is 7.09. The number of aromatic nitrogens is 1. The third-order valence-corrected chi connectivity index (χ3v) is 4.48. The Morgan fingerprint density at radius 1 is 1.50 bits per heavy atom. The molecule has 3 nitrogen and oxygen atoms in total. The second kappa shape index (κ2) is 4.97. The maximum absolute atomic E-state index is 6.26. The van der Waals surface area contributed by atoms with Crippen molar-refractivity contribution >= 4 is 22.9 Å². The highest BCUT2D eigenvalue weighted by atomic mass is 35.5. The Kier molecular flexibility index (Phi) is 3.35. The lowest BCUT2D eigenvalue weighted by Gasteiger charge is -2.22. The smallest absolute Gasteiger partial charge is 0.107 e. The van der Waals surface area contributed by atoms with Gasteiger partial charge in [-0.1, -0.05) is 23.7 Å². The van der Waals surface area contributed by atoms with E-state index in [2.05, 4.69) is 16.0 Å². The predicted molar refractivity (Wildman–Crippen MR) is 74.6 cm³/mol. The summed E-state index contributed by atoms with van der Waals surface area (Å²) in [7, 11) is 0. The maximum atomic E-state index is 6.26. The van der Waals surface area contributed by atoms with Gasteiger partial charge in [0.15, 0.2) is 0 Å². The van der Waals surface area contributed by atoms with E-state index in [1.165, 1.54) is 11.1 Å². The van der Waals surface area contributed by atoms with E-state index in [-0.39, 0.29) is 6.04 Å². The first-order chi connectivity index (χ1) is 8.79. The Balaban J connectivity index is 1.89. The minimum atomic E-state index is 0.252. The molecule has 0 amide bonds. The molecule has 0 radical (unpaired) electrons. The number of hydrogen-bond donors (Lipinski definition) is 1. The van der Waals surface area contributed by atoms with Gasteiger partial charge in [-0.15, -0.1) is 11.3 Å². The predicted octanol–water partition coefficient (Wildman–Crippen LogP) is 2.81. The normalized spacial score (nSPS) is 19.1. The molecule has 94 valence electrons. The largest absolute Gasteiger partial charge is 0.329 e. The molecular weight excluding hydrogens is 266 g/mol. The summed E-state index contributed by atoms with van der Waals surface area (Å²) in [5, 5.41) is 3.97. The Morgan fingerprint density at radius 2 is 2.39 bits per heavy atom. The van der Waals surface area contributed by atoms with Gasteiger partial charge in [-0.3, -0.25) is 4.90 Å². The van der Waals surface area contributed by atoms with Crippen LogP contribution in [-0.4, -0.2) is 16.4 Å². The summed E-state index contributed by atoms with van der Waals surface area (Å²) >= 11 is 7.94. The third-order valence-electron chi connectivity index (χ3n) is 3.36. The lowest BCUT2D eigenvalue weighted by Crippen LogP contribution is -2.27. The van der Waals surface area contributed by atoms with E-state index in [1.807, 2.05) is 23.7 Å². The fraction of sp³-hybridized carbons (Fsp3) is 0.308. The molecule has 1 aromatic heterocycles. The topological polar surface area (TPSA) is 42.1 Å². The molecule has 2 N–H and O–H groups in total. The summed E-state index contributed by atoms with van der Waals surface area (Å²) < 4.78 is 0. The van der Waals surface area contributed by atoms with Crippen LogP contribution in [0.25, 0.3) is 0 Å². The number of halogens is 1. The van der Waals surface area contributed by atoms with Gasteiger partial charge in [-0.05, 0) is 17.2 Å². The van der Waals surface area contributed by atoms with Gasteiger partial charge in [0.25, 0.3) is 0 Å². The minimum absolute atomic E-state index is 0.252. The van der Waals surface area contributed by atoms with E-state index < -0.39 is 0 Å². The monoisotopic (exact) mass is 279 g/mol. The van der Waals surface area contributed by atoms with Crippen molar-refractivity contribution in [2.24, 2.45) is 5.73 Å². The molecule has 5 heteroatoms. The first-order valence-electron chi connectivity index (χ1n) is 5.89. The summed E-state index contributed by atoms with van der Waals surface area (Å²) in [5.74, 6) is 0. The second-order valence-corrected chi connectivity index (χ2v) is 5.78. The summed E-state index contributed by atoms with van der Waals surface area (Å²) in [5.41, 5.74) is 8.40. The van der Waals surface area contributed by atoms with Crippen molar-refractivity contribution in [1.82, 2.24) is 9.88 Å². The first-order valence-corrected chi connectivity index (χ1v) is 7.15. The van der Waals surface area contributed by atoms with E-state index in [0.717, 1.165) is 23.1 Å². The molecule has 1 unspecified atom stereocenters. The highest BCUT2D eigenvalue weighted by Crippen LogP contribution is 2.37. The van der Waals surface area contributed by atoms with Crippen LogP contribution in [0.2, 0.25) is 5.02 Å². The van der Waals surface area contributed by atoms with Crippen molar-refractivity contribution in [3.63, 3.8) is 0 Å². The van der Waals surface area contributed by atoms with Crippen LogP contribution in [-0.2, 0) is 13.1 Å². The molecule has 2 heterocycles. The van der Waals surface area contributed by atoms with Gasteiger partial charge in [0.1, 0.15) is 5.01 Å². The number of benzene rings is 1. The van der Waals surface area contributed by atoms with E-state index in [9.17, 15) is 0 Å². The molecule has 0 saturated carbocycles. The zero-order chi connectivity index (χ0) is 12.5. The van der Waals surface area contributed by atoms with Crippen molar-refractivity contribution in [2.45, 2.75) is 19.1 Å². The number of nitrogens with zero attached hydrogens (tertiary/aromatic N) is 2. The standard InChI is InChI=1S/C13H14ClN3S/c14-11-3-1-2-9-10(11)7-17(12(9)6-15)8-13-16-4-5-18-13/h1-5,12H,6-8,15H2. The average molecular weight is 280 g/mol. The summed E-state index contributed by atoms with van der Waals surface area (Å²) in [6, 6.07) is 6.32. The van der Waals surface area contributed by atoms with Crippen molar-refractivity contribution in [1.29, 1.82) is 0 Å². The van der Waals surface area contributed by atoms with E-state index >= 15 is 0 Å². The van der Waals surface area contributed by atoms with Gasteiger partial charge in [0.05, 0.1) is 6.54 Å². The van der Waals surface area contributed by atoms with Crippen molar-refractivity contribution < 1.29 is 0 Å². The molecule has 0 saturated heterocycles. The fourth-order valence-corrected chi connectivity index (χ4v) is 3.39. The molecular formula is C13H14ClN3S. The van der Waals surface area contributed by atoms with Crippen LogP contribution in [0.3, 0.4) is 0 Å². The number of hydrogen-bond acceptors (Lipinski definition) is 4. The molecule has 1 aromatic carbocycles. The second-order valence-electron chi connectivity index (χ2n) is 4.39. The molecule has 0 aliphatic carbocycles. The zero-order valence-corrected chi connectivity index (χ0v) is 11.4. The van der Waals surface area contributed by atoms with Gasteiger partial charge in [0.2, 0.25) is 0 Å². The van der Waals surface area contributed by atoms with E-state index in [4.69, 9.17) is 17.3 Å². The van der Waals surface area contributed by atoms with Crippen LogP contribution in [0.4, 0.5) is 0 Å². The molecule has 0 fully saturated rings. The fourth-order valence-electron chi connectivity index (χ4n) is 2.51. The lowest BCUT2D eigenvalue weighted by molar-refractivity contribution is 0.210. The Hall–Kier alpha value is -0.940. The Bertz CT molecular complexity index is 541. The first kappa shape index (κ1) is 12.1. The van der Waals surface area contributed by atoms with E-state index in [1.54, 1.807) is 11.3 Å². The number of thiazole rings is 1. The van der Waals surface area contributed by atoms with E-state index in [0.29, 0.717) is 6.54 Å². The molecule has 18 heavy (non-hydrogen) atoms. The summed E-state index contributed by atoms with van der Waals surface area (Å²) in [6.07, 6.45) is 1.84. The lowest BCUT2D eigenvalue weighted by atomic mass is 10.1. The van der Waals surface area contributed by atoms with Crippen LogP contribution in [0.1, 0.15) is 22.2 Å². The number of nitrogens with two attached hydrogens (primary N) is 1. The number of fused-ring (bicyclic) bond motifs is 1. The summed E-state index contributed by atoms with van der Waals surface area (Å²) in [6.45, 7) is 2.31. The van der Waals surface area contributed by atoms with Crippen LogP contribution in [0.15, 0.2) is 29.8 Å². The summed E-state index contributed by atoms with van der Waals surface area (Å²) in [4.78, 5) is 6.68. The van der Waals surface area contributed by atoms with Gasteiger partial charge in [-0.2, -0.15) is 0 Å². The van der Waals surface area contributed by atoms with Crippen molar-refractivity contribution in [3.05, 3.63) is 50.9 Å². The van der Waals surface area contributed by atoms with Crippen LogP contribution >= 0.6 is 22.9 Å². The third kappa shape index (κ3) is 2.06. The molecule has 0 spiro atoms. The zero-order valence-electron chi connectivity index (χ0n) is 9.84. The number of rotatable bonds is 3. The SMILES string of the molecule is NCC1c2cccc(Cl)c2CN1Cc1nccs1. The van der Waals surface area contributed by atoms with Gasteiger partial charge in [-0.25, -0.2) is 4.98 Å². The van der Waals surface area contributed by atoms with Gasteiger partial charge < -0.3 is 5.73 Å². The van der Waals surface area contributed by atoms with Gasteiger partial charge >= 0.3 is 0 Å². The Morgan fingerprint density at radius 3 is 3.11 bits per heavy atom. The molecule has 1 aliphatic rings. The van der Waals surface area contributed by atoms with Crippen LogP contribution < -0.4 is 5.73 Å². The van der Waals surface area contributed by atoms with Crippen molar-refractivity contribution in [2.75, 3.05) is 6.54 Å². The molecule has 1 aliphatic heterocycles. The molecule has 0 bridgehead atoms. The maximum Gasteiger partial charge on any atom is 0.107 e. The molecule has 3 rings (SSSR count). The van der Waals surface area contributed by atoms with Crippen LogP contribution in [0, 0.1) is 0 Å². The Labute approximate surface area is 115 Å². The molecule has 1 atom stereocenters. The van der Waals surface area contributed by atoms with Crippen molar-refractivity contribution in [3.8, 4) is 0 Å². The van der Waals surface area contributed by atoms with Crippen LogP contribution in [0.5, 0.6) is 0 Å². The minimum Gasteiger partial charge on any atom is -0.329 e. The quantitative estimate of drug-likeness (QED) is 0.939. The highest BCUT2D eigenvalue weighted by Gasteiger charge is 2.30.